The van der Waals surface area contributed by atoms with E-state index in [9.17, 15) is 14.9 Å². The molecule has 0 radical (unpaired) electrons. The Bertz CT molecular complexity index is 594. The second-order valence-corrected chi connectivity index (χ2v) is 5.78. The Morgan fingerprint density at radius 1 is 1.36 bits per heavy atom. The van der Waals surface area contributed by atoms with Gasteiger partial charge < -0.3 is 4.74 Å². The van der Waals surface area contributed by atoms with Gasteiger partial charge in [0.15, 0.2) is 0 Å². The summed E-state index contributed by atoms with van der Waals surface area (Å²) in [4.78, 5) is 25.4. The van der Waals surface area contributed by atoms with Gasteiger partial charge in [0, 0.05) is 30.7 Å². The average Bonchev–Trinajstić information content (AvgIpc) is 2.41. The molecule has 1 rings (SSSR count). The SMILES string of the molecule is CC(C)(C)OC(=O)CCCCC#Cc1cncc([N+](=O)[O-])c1. The zero-order valence-corrected chi connectivity index (χ0v) is 13.1. The van der Waals surface area contributed by atoms with Crippen LogP contribution in [0.1, 0.15) is 52.0 Å². The molecule has 0 aliphatic carbocycles. The van der Waals surface area contributed by atoms with Crippen molar-refractivity contribution in [2.24, 2.45) is 0 Å². The van der Waals surface area contributed by atoms with Crippen LogP contribution in [0.5, 0.6) is 0 Å². The van der Waals surface area contributed by atoms with Gasteiger partial charge in [-0.3, -0.25) is 19.9 Å². The van der Waals surface area contributed by atoms with Gasteiger partial charge in [0.2, 0.25) is 0 Å². The van der Waals surface area contributed by atoms with Crippen molar-refractivity contribution in [3.8, 4) is 11.8 Å². The first-order valence-electron chi connectivity index (χ1n) is 7.08. The highest BCUT2D eigenvalue weighted by Crippen LogP contribution is 2.11. The molecule has 0 saturated carbocycles. The fourth-order valence-corrected chi connectivity index (χ4v) is 1.64. The van der Waals surface area contributed by atoms with E-state index in [1.165, 1.54) is 18.5 Å². The first-order chi connectivity index (χ1) is 10.3. The first-order valence-corrected chi connectivity index (χ1v) is 7.08. The van der Waals surface area contributed by atoms with Crippen molar-refractivity contribution in [1.82, 2.24) is 4.98 Å². The molecule has 0 atom stereocenters. The van der Waals surface area contributed by atoms with Crippen molar-refractivity contribution in [2.75, 3.05) is 0 Å². The summed E-state index contributed by atoms with van der Waals surface area (Å²) in [6.45, 7) is 5.51. The van der Waals surface area contributed by atoms with E-state index in [2.05, 4.69) is 16.8 Å². The molecule has 0 spiro atoms. The number of rotatable bonds is 5. The number of pyridine rings is 1. The molecule has 22 heavy (non-hydrogen) atoms. The van der Waals surface area contributed by atoms with Gasteiger partial charge in [-0.15, -0.1) is 0 Å². The van der Waals surface area contributed by atoms with Gasteiger partial charge in [0.25, 0.3) is 5.69 Å². The second-order valence-electron chi connectivity index (χ2n) is 5.78. The molecule has 118 valence electrons. The lowest BCUT2D eigenvalue weighted by molar-refractivity contribution is -0.385. The predicted octanol–water partition coefficient (Wildman–Crippen LogP) is 3.24. The summed E-state index contributed by atoms with van der Waals surface area (Å²) in [6, 6.07) is 1.39. The predicted molar refractivity (Wildman–Crippen MR) is 82.1 cm³/mol. The number of unbranched alkanes of at least 4 members (excludes halogenated alkanes) is 2. The smallest absolute Gasteiger partial charge is 0.306 e. The van der Waals surface area contributed by atoms with Gasteiger partial charge in [0.05, 0.1) is 4.92 Å². The summed E-state index contributed by atoms with van der Waals surface area (Å²) in [5.41, 5.74) is -0.00981. The summed E-state index contributed by atoms with van der Waals surface area (Å²) in [5, 5.41) is 10.6. The molecule has 1 heterocycles. The zero-order chi connectivity index (χ0) is 16.6. The molecule has 0 aliphatic rings. The molecule has 0 fully saturated rings. The van der Waals surface area contributed by atoms with Crippen LogP contribution in [0.25, 0.3) is 0 Å². The van der Waals surface area contributed by atoms with Crippen molar-refractivity contribution in [2.45, 2.75) is 52.1 Å². The summed E-state index contributed by atoms with van der Waals surface area (Å²) >= 11 is 0. The highest BCUT2D eigenvalue weighted by molar-refractivity contribution is 5.69. The number of carbonyl (C=O) groups is 1. The summed E-state index contributed by atoms with van der Waals surface area (Å²) in [5.74, 6) is 5.55. The van der Waals surface area contributed by atoms with Crippen molar-refractivity contribution < 1.29 is 14.5 Å². The van der Waals surface area contributed by atoms with E-state index < -0.39 is 10.5 Å². The quantitative estimate of drug-likeness (QED) is 0.274. The van der Waals surface area contributed by atoms with E-state index in [1.54, 1.807) is 0 Å². The van der Waals surface area contributed by atoms with E-state index >= 15 is 0 Å². The maximum absolute atomic E-state index is 11.5. The minimum Gasteiger partial charge on any atom is -0.460 e. The van der Waals surface area contributed by atoms with Gasteiger partial charge in [-0.1, -0.05) is 11.8 Å². The van der Waals surface area contributed by atoms with Gasteiger partial charge >= 0.3 is 5.97 Å². The van der Waals surface area contributed by atoms with Gasteiger partial charge in [-0.25, -0.2) is 0 Å². The topological polar surface area (TPSA) is 82.3 Å². The van der Waals surface area contributed by atoms with Gasteiger partial charge in [-0.2, -0.15) is 0 Å². The Morgan fingerprint density at radius 3 is 2.73 bits per heavy atom. The van der Waals surface area contributed by atoms with Crippen LogP contribution in [-0.2, 0) is 9.53 Å². The maximum Gasteiger partial charge on any atom is 0.306 e. The molecular weight excluding hydrogens is 284 g/mol. The number of ether oxygens (including phenoxy) is 1. The maximum atomic E-state index is 11.5. The third-order valence-electron chi connectivity index (χ3n) is 2.52. The zero-order valence-electron chi connectivity index (χ0n) is 13.1. The summed E-state index contributed by atoms with van der Waals surface area (Å²) in [7, 11) is 0. The minimum atomic E-state index is -0.501. The molecule has 6 nitrogen and oxygen atoms in total. The Morgan fingerprint density at radius 2 is 2.09 bits per heavy atom. The molecule has 0 aromatic carbocycles. The lowest BCUT2D eigenvalue weighted by Gasteiger charge is -2.19. The monoisotopic (exact) mass is 304 g/mol. The second kappa shape index (κ2) is 8.13. The van der Waals surface area contributed by atoms with Gasteiger partial charge in [-0.05, 0) is 33.6 Å². The Labute approximate surface area is 130 Å². The van der Waals surface area contributed by atoms with Crippen LogP contribution in [-0.4, -0.2) is 21.5 Å². The minimum absolute atomic E-state index is 0.0725. The lowest BCUT2D eigenvalue weighted by atomic mass is 10.1. The van der Waals surface area contributed by atoms with E-state index in [-0.39, 0.29) is 11.7 Å². The highest BCUT2D eigenvalue weighted by Gasteiger charge is 2.15. The highest BCUT2D eigenvalue weighted by atomic mass is 16.6. The molecule has 0 bridgehead atoms. The van der Waals surface area contributed by atoms with Crippen molar-refractivity contribution in [1.29, 1.82) is 0 Å². The van der Waals surface area contributed by atoms with Crippen LogP contribution in [0.15, 0.2) is 18.5 Å². The average molecular weight is 304 g/mol. The summed E-state index contributed by atoms with van der Waals surface area (Å²) < 4.78 is 5.20. The Kier molecular flexibility index (Phi) is 6.51. The molecule has 6 heteroatoms. The summed E-state index contributed by atoms with van der Waals surface area (Å²) in [6.07, 6.45) is 5.14. The standard InChI is InChI=1S/C16H20N2O4/c1-16(2,3)22-15(19)9-7-5-4-6-8-13-10-14(18(20)21)12-17-11-13/h10-12H,4-5,7,9H2,1-3H3. The largest absolute Gasteiger partial charge is 0.460 e. The first kappa shape index (κ1) is 17.6. The van der Waals surface area contributed by atoms with Crippen LogP contribution in [0.2, 0.25) is 0 Å². The number of carbonyl (C=O) groups excluding carboxylic acids is 1. The van der Waals surface area contributed by atoms with E-state index in [4.69, 9.17) is 4.74 Å². The fourth-order valence-electron chi connectivity index (χ4n) is 1.64. The molecule has 0 amide bonds. The fraction of sp³-hybridized carbons (Fsp3) is 0.500. The number of hydrogen-bond donors (Lipinski definition) is 0. The van der Waals surface area contributed by atoms with Crippen LogP contribution in [0.4, 0.5) is 5.69 Å². The van der Waals surface area contributed by atoms with Crippen molar-refractivity contribution in [3.63, 3.8) is 0 Å². The van der Waals surface area contributed by atoms with Crippen LogP contribution < -0.4 is 0 Å². The number of aromatic nitrogens is 1. The molecule has 0 unspecified atom stereocenters. The lowest BCUT2D eigenvalue weighted by Crippen LogP contribution is -2.23. The Balaban J connectivity index is 2.33. The normalized spacial score (nSPS) is 10.5. The van der Waals surface area contributed by atoms with Crippen LogP contribution >= 0.6 is 0 Å². The van der Waals surface area contributed by atoms with Crippen LogP contribution in [0.3, 0.4) is 0 Å². The van der Waals surface area contributed by atoms with Crippen LogP contribution in [0, 0.1) is 22.0 Å². The number of nitro groups is 1. The molecule has 1 aromatic rings. The molecule has 0 aliphatic heterocycles. The van der Waals surface area contributed by atoms with Crippen molar-refractivity contribution >= 4 is 11.7 Å². The van der Waals surface area contributed by atoms with E-state index in [1.807, 2.05) is 20.8 Å². The molecular formula is C16H20N2O4. The molecule has 0 N–H and O–H groups in total. The number of hydrogen-bond acceptors (Lipinski definition) is 5. The number of esters is 1. The van der Waals surface area contributed by atoms with Crippen molar-refractivity contribution in [3.05, 3.63) is 34.1 Å². The third kappa shape index (κ3) is 7.39. The third-order valence-corrected chi connectivity index (χ3v) is 2.52. The van der Waals surface area contributed by atoms with Gasteiger partial charge in [0.1, 0.15) is 11.8 Å². The van der Waals surface area contributed by atoms with E-state index in [0.717, 1.165) is 6.42 Å². The Hall–Kier alpha value is -2.42. The molecule has 0 saturated heterocycles. The van der Waals surface area contributed by atoms with E-state index in [0.29, 0.717) is 24.8 Å². The molecule has 1 aromatic heterocycles. The number of nitrogens with zero attached hydrogens (tertiary/aromatic N) is 2.